The maximum absolute atomic E-state index is 5.90. The van der Waals surface area contributed by atoms with Crippen LogP contribution < -0.4 is 4.74 Å². The molecule has 0 fully saturated rings. The second-order valence-electron chi connectivity index (χ2n) is 4.32. The molecule has 4 heteroatoms. The standard InChI is InChI=1S/C14H16INO2/c1-9(2)13-11(8-15)16-14(18-13)10-6-4-5-7-12(10)17-3/h4-7,9H,8H2,1-3H3. The van der Waals surface area contributed by atoms with Crippen molar-refractivity contribution in [2.45, 2.75) is 24.2 Å². The van der Waals surface area contributed by atoms with Gasteiger partial charge in [0.05, 0.1) is 18.4 Å². The topological polar surface area (TPSA) is 35.3 Å². The van der Waals surface area contributed by atoms with Crippen LogP contribution in [0.4, 0.5) is 0 Å². The third-order valence-electron chi connectivity index (χ3n) is 2.72. The number of hydrogen-bond donors (Lipinski definition) is 0. The molecule has 2 rings (SSSR count). The van der Waals surface area contributed by atoms with Crippen molar-refractivity contribution in [3.05, 3.63) is 35.7 Å². The molecule has 0 bridgehead atoms. The summed E-state index contributed by atoms with van der Waals surface area (Å²) < 4.78 is 12.1. The number of halogens is 1. The third kappa shape index (κ3) is 2.53. The molecule has 0 aliphatic heterocycles. The molecule has 0 saturated heterocycles. The Morgan fingerprint density at radius 1 is 1.33 bits per heavy atom. The number of rotatable bonds is 4. The van der Waals surface area contributed by atoms with E-state index in [1.807, 2.05) is 24.3 Å². The Hall–Kier alpha value is -1.04. The maximum Gasteiger partial charge on any atom is 0.230 e. The average Bonchev–Trinajstić information content (AvgIpc) is 2.82. The van der Waals surface area contributed by atoms with Gasteiger partial charge in [-0.1, -0.05) is 48.6 Å². The molecule has 0 atom stereocenters. The number of methoxy groups -OCH3 is 1. The summed E-state index contributed by atoms with van der Waals surface area (Å²) in [7, 11) is 1.66. The minimum Gasteiger partial charge on any atom is -0.496 e. The van der Waals surface area contributed by atoms with Gasteiger partial charge in [-0.05, 0) is 12.1 Å². The van der Waals surface area contributed by atoms with E-state index in [1.54, 1.807) is 7.11 Å². The Balaban J connectivity index is 2.51. The average molecular weight is 357 g/mol. The van der Waals surface area contributed by atoms with E-state index in [0.717, 1.165) is 27.2 Å². The number of benzene rings is 1. The van der Waals surface area contributed by atoms with Gasteiger partial charge in [0.15, 0.2) is 0 Å². The highest BCUT2D eigenvalue weighted by molar-refractivity contribution is 14.1. The Morgan fingerprint density at radius 2 is 2.06 bits per heavy atom. The molecule has 0 saturated carbocycles. The van der Waals surface area contributed by atoms with E-state index in [-0.39, 0.29) is 0 Å². The molecule has 0 aliphatic rings. The lowest BCUT2D eigenvalue weighted by Crippen LogP contribution is -1.89. The van der Waals surface area contributed by atoms with Crippen LogP contribution >= 0.6 is 22.6 Å². The summed E-state index contributed by atoms with van der Waals surface area (Å²) in [5.41, 5.74) is 1.92. The van der Waals surface area contributed by atoms with E-state index in [4.69, 9.17) is 9.15 Å². The van der Waals surface area contributed by atoms with Gasteiger partial charge in [-0.3, -0.25) is 0 Å². The van der Waals surface area contributed by atoms with Crippen LogP contribution in [0.5, 0.6) is 5.75 Å². The van der Waals surface area contributed by atoms with Crippen molar-refractivity contribution in [2.24, 2.45) is 0 Å². The molecule has 1 aromatic carbocycles. The van der Waals surface area contributed by atoms with Crippen molar-refractivity contribution in [3.63, 3.8) is 0 Å². The molecule has 0 unspecified atom stereocenters. The summed E-state index contributed by atoms with van der Waals surface area (Å²) in [6, 6.07) is 7.78. The molecule has 0 radical (unpaired) electrons. The van der Waals surface area contributed by atoms with Crippen molar-refractivity contribution in [1.82, 2.24) is 4.98 Å². The summed E-state index contributed by atoms with van der Waals surface area (Å²) in [6.07, 6.45) is 0. The normalized spacial score (nSPS) is 10.9. The van der Waals surface area contributed by atoms with Crippen molar-refractivity contribution in [1.29, 1.82) is 0 Å². The quantitative estimate of drug-likeness (QED) is 0.601. The largest absolute Gasteiger partial charge is 0.496 e. The zero-order chi connectivity index (χ0) is 13.1. The highest BCUT2D eigenvalue weighted by Gasteiger charge is 2.18. The monoisotopic (exact) mass is 357 g/mol. The summed E-state index contributed by atoms with van der Waals surface area (Å²) in [5.74, 6) is 2.73. The van der Waals surface area contributed by atoms with Crippen molar-refractivity contribution in [2.75, 3.05) is 7.11 Å². The van der Waals surface area contributed by atoms with Gasteiger partial charge in [-0.2, -0.15) is 0 Å². The van der Waals surface area contributed by atoms with Gasteiger partial charge in [0.2, 0.25) is 5.89 Å². The summed E-state index contributed by atoms with van der Waals surface area (Å²) >= 11 is 2.31. The molecule has 1 heterocycles. The van der Waals surface area contributed by atoms with Crippen LogP contribution in [-0.4, -0.2) is 12.1 Å². The van der Waals surface area contributed by atoms with Gasteiger partial charge >= 0.3 is 0 Å². The first kappa shape index (κ1) is 13.4. The minimum atomic E-state index is 0.339. The van der Waals surface area contributed by atoms with Gasteiger partial charge in [-0.25, -0.2) is 4.98 Å². The lowest BCUT2D eigenvalue weighted by atomic mass is 10.1. The number of ether oxygens (including phenoxy) is 1. The van der Waals surface area contributed by atoms with E-state index in [9.17, 15) is 0 Å². The Bertz CT molecular complexity index is 534. The van der Waals surface area contributed by atoms with E-state index >= 15 is 0 Å². The van der Waals surface area contributed by atoms with E-state index in [0.29, 0.717) is 11.8 Å². The van der Waals surface area contributed by atoms with Crippen LogP contribution in [-0.2, 0) is 4.43 Å². The van der Waals surface area contributed by atoms with Crippen molar-refractivity contribution < 1.29 is 9.15 Å². The molecular weight excluding hydrogens is 341 g/mol. The van der Waals surface area contributed by atoms with Crippen LogP contribution in [0.1, 0.15) is 31.2 Å². The first-order valence-corrected chi connectivity index (χ1v) is 7.38. The molecule has 1 aromatic heterocycles. The Kier molecular flexibility index (Phi) is 4.27. The van der Waals surface area contributed by atoms with Crippen LogP contribution in [0, 0.1) is 0 Å². The van der Waals surface area contributed by atoms with E-state index < -0.39 is 0 Å². The number of oxazole rings is 1. The molecule has 0 N–H and O–H groups in total. The highest BCUT2D eigenvalue weighted by Crippen LogP contribution is 2.33. The maximum atomic E-state index is 5.90. The van der Waals surface area contributed by atoms with Gasteiger partial charge in [0, 0.05) is 10.3 Å². The fourth-order valence-electron chi connectivity index (χ4n) is 1.85. The molecule has 2 aromatic rings. The first-order valence-electron chi connectivity index (χ1n) is 5.86. The molecule has 18 heavy (non-hydrogen) atoms. The van der Waals surface area contributed by atoms with Gasteiger partial charge in [0.1, 0.15) is 11.5 Å². The lowest BCUT2D eigenvalue weighted by Gasteiger charge is -2.04. The molecule has 0 amide bonds. The van der Waals surface area contributed by atoms with Crippen molar-refractivity contribution in [3.8, 4) is 17.2 Å². The summed E-state index contributed by atoms with van der Waals surface area (Å²) in [6.45, 7) is 4.23. The van der Waals surface area contributed by atoms with Crippen LogP contribution in [0.15, 0.2) is 28.7 Å². The highest BCUT2D eigenvalue weighted by atomic mass is 127. The fourth-order valence-corrected chi connectivity index (χ4v) is 2.39. The lowest BCUT2D eigenvalue weighted by molar-refractivity contribution is 0.413. The van der Waals surface area contributed by atoms with Crippen molar-refractivity contribution >= 4 is 22.6 Å². The first-order chi connectivity index (χ1) is 8.67. The van der Waals surface area contributed by atoms with Crippen LogP contribution in [0.25, 0.3) is 11.5 Å². The second kappa shape index (κ2) is 5.73. The Morgan fingerprint density at radius 3 is 2.61 bits per heavy atom. The molecule has 0 spiro atoms. The third-order valence-corrected chi connectivity index (χ3v) is 3.44. The molecular formula is C14H16INO2. The zero-order valence-corrected chi connectivity index (χ0v) is 12.9. The number of nitrogens with zero attached hydrogens (tertiary/aromatic N) is 1. The summed E-state index contributed by atoms with van der Waals surface area (Å²) in [5, 5.41) is 0. The zero-order valence-electron chi connectivity index (χ0n) is 10.7. The fraction of sp³-hybridized carbons (Fsp3) is 0.357. The van der Waals surface area contributed by atoms with Crippen LogP contribution in [0.2, 0.25) is 0 Å². The predicted octanol–water partition coefficient (Wildman–Crippen LogP) is 4.41. The number of aromatic nitrogens is 1. The van der Waals surface area contributed by atoms with Gasteiger partial charge < -0.3 is 9.15 Å². The minimum absolute atomic E-state index is 0.339. The Labute approximate surface area is 121 Å². The molecule has 96 valence electrons. The molecule has 0 aliphatic carbocycles. The SMILES string of the molecule is COc1ccccc1-c1nc(CI)c(C(C)C)o1. The predicted molar refractivity (Wildman–Crippen MR) is 80.3 cm³/mol. The summed E-state index contributed by atoms with van der Waals surface area (Å²) in [4.78, 5) is 4.57. The second-order valence-corrected chi connectivity index (χ2v) is 5.08. The number of para-hydroxylation sites is 1. The molecule has 3 nitrogen and oxygen atoms in total. The van der Waals surface area contributed by atoms with E-state index in [1.165, 1.54) is 0 Å². The smallest absolute Gasteiger partial charge is 0.230 e. The number of alkyl halides is 1. The van der Waals surface area contributed by atoms with E-state index in [2.05, 4.69) is 41.4 Å². The van der Waals surface area contributed by atoms with Gasteiger partial charge in [-0.15, -0.1) is 0 Å². The number of hydrogen-bond acceptors (Lipinski definition) is 3. The van der Waals surface area contributed by atoms with Crippen LogP contribution in [0.3, 0.4) is 0 Å². The van der Waals surface area contributed by atoms with Gasteiger partial charge in [0.25, 0.3) is 0 Å².